The van der Waals surface area contributed by atoms with Crippen LogP contribution in [0, 0.1) is 0 Å². The quantitative estimate of drug-likeness (QED) is 0.403. The number of carboxylic acid groups (broad SMARTS) is 1. The molecule has 3 atom stereocenters. The van der Waals surface area contributed by atoms with Crippen molar-refractivity contribution in [2.75, 3.05) is 0 Å². The Bertz CT molecular complexity index is 480. The molecule has 0 aromatic carbocycles. The van der Waals surface area contributed by atoms with E-state index in [4.69, 9.17) is 14.6 Å². The smallest absolute Gasteiger partial charge is 0.347 e. The number of hydrogen-bond donors (Lipinski definition) is 1. The number of aliphatic imine (C=N–C) groups is 1. The summed E-state index contributed by atoms with van der Waals surface area (Å²) < 4.78 is 14.3. The van der Waals surface area contributed by atoms with Crippen molar-refractivity contribution in [3.8, 4) is 0 Å². The Labute approximate surface area is 134 Å². The SMILES string of the molecule is C[C@H](N=C([O-])OC(C)(C)C)C(=O)O[C@@H](C)C(=O)O[C@@H](C)C(=O)O. The van der Waals surface area contributed by atoms with Crippen molar-refractivity contribution in [2.24, 2.45) is 4.99 Å². The Morgan fingerprint density at radius 2 is 1.48 bits per heavy atom. The van der Waals surface area contributed by atoms with E-state index < -0.39 is 47.8 Å². The van der Waals surface area contributed by atoms with Crippen LogP contribution in [0.3, 0.4) is 0 Å². The van der Waals surface area contributed by atoms with Crippen molar-refractivity contribution < 1.29 is 38.8 Å². The van der Waals surface area contributed by atoms with Gasteiger partial charge in [0.2, 0.25) is 0 Å². The van der Waals surface area contributed by atoms with Crippen LogP contribution in [-0.2, 0) is 28.6 Å². The molecule has 0 radical (unpaired) electrons. The van der Waals surface area contributed by atoms with Crippen LogP contribution in [0.15, 0.2) is 4.99 Å². The van der Waals surface area contributed by atoms with Crippen LogP contribution in [0.1, 0.15) is 41.5 Å². The second kappa shape index (κ2) is 8.35. The van der Waals surface area contributed by atoms with Gasteiger partial charge in [0.1, 0.15) is 12.1 Å². The lowest BCUT2D eigenvalue weighted by atomic mass is 10.2. The van der Waals surface area contributed by atoms with Crippen molar-refractivity contribution in [2.45, 2.75) is 65.4 Å². The summed E-state index contributed by atoms with van der Waals surface area (Å²) >= 11 is 0. The monoisotopic (exact) mass is 332 g/mol. The second-order valence-electron chi connectivity index (χ2n) is 5.78. The summed E-state index contributed by atoms with van der Waals surface area (Å²) in [5.74, 6) is -3.29. The maximum absolute atomic E-state index is 11.7. The zero-order chi connectivity index (χ0) is 18.4. The van der Waals surface area contributed by atoms with Crippen molar-refractivity contribution >= 4 is 24.0 Å². The van der Waals surface area contributed by atoms with Gasteiger partial charge in [-0.1, -0.05) is 20.8 Å². The molecule has 9 heteroatoms. The molecule has 0 fully saturated rings. The molecule has 0 aliphatic heterocycles. The molecule has 0 amide bonds. The second-order valence-corrected chi connectivity index (χ2v) is 5.78. The predicted octanol–water partition coefficient (Wildman–Crippen LogP) is -0.146. The molecule has 0 heterocycles. The fourth-order valence-electron chi connectivity index (χ4n) is 1.14. The van der Waals surface area contributed by atoms with Crippen LogP contribution in [0.2, 0.25) is 0 Å². The summed E-state index contributed by atoms with van der Waals surface area (Å²) in [6, 6.07) is -1.18. The Balaban J connectivity index is 4.59. The zero-order valence-electron chi connectivity index (χ0n) is 14.0. The summed E-state index contributed by atoms with van der Waals surface area (Å²) in [6.45, 7) is 8.61. The number of rotatable bonds is 6. The molecule has 0 aromatic heterocycles. The third-order valence-electron chi connectivity index (χ3n) is 2.30. The summed E-state index contributed by atoms with van der Waals surface area (Å²) in [5, 5.41) is 20.1. The molecule has 0 saturated heterocycles. The van der Waals surface area contributed by atoms with Crippen molar-refractivity contribution in [3.05, 3.63) is 0 Å². The van der Waals surface area contributed by atoms with E-state index >= 15 is 0 Å². The van der Waals surface area contributed by atoms with Crippen LogP contribution in [0.25, 0.3) is 0 Å². The molecular formula is C14H22NO8-. The Morgan fingerprint density at radius 1 is 1.00 bits per heavy atom. The lowest BCUT2D eigenvalue weighted by molar-refractivity contribution is -0.261. The summed E-state index contributed by atoms with van der Waals surface area (Å²) in [7, 11) is 0. The van der Waals surface area contributed by atoms with Gasteiger partial charge >= 0.3 is 17.9 Å². The zero-order valence-corrected chi connectivity index (χ0v) is 14.0. The van der Waals surface area contributed by atoms with Gasteiger partial charge < -0.3 is 24.4 Å². The number of esters is 2. The first-order valence-electron chi connectivity index (χ1n) is 6.91. The summed E-state index contributed by atoms with van der Waals surface area (Å²) in [4.78, 5) is 37.3. The molecule has 1 N–H and O–H groups in total. The average molecular weight is 332 g/mol. The average Bonchev–Trinajstić information content (AvgIpc) is 2.35. The normalized spacial score (nSPS) is 16.0. The van der Waals surface area contributed by atoms with Crippen LogP contribution in [-0.4, -0.2) is 52.9 Å². The van der Waals surface area contributed by atoms with E-state index in [1.54, 1.807) is 20.8 Å². The third kappa shape index (κ3) is 8.64. The Morgan fingerprint density at radius 3 is 1.91 bits per heavy atom. The molecule has 0 spiro atoms. The summed E-state index contributed by atoms with van der Waals surface area (Å²) in [6.07, 6.45) is -3.63. The van der Waals surface area contributed by atoms with Gasteiger partial charge in [-0.25, -0.2) is 14.4 Å². The predicted molar refractivity (Wildman–Crippen MR) is 76.5 cm³/mol. The molecular weight excluding hydrogens is 310 g/mol. The number of carbonyl (C=O) groups is 3. The van der Waals surface area contributed by atoms with Gasteiger partial charge in [0.05, 0.1) is 0 Å². The lowest BCUT2D eigenvalue weighted by Crippen LogP contribution is -2.36. The number of carboxylic acids is 1. The highest BCUT2D eigenvalue weighted by Gasteiger charge is 2.26. The summed E-state index contributed by atoms with van der Waals surface area (Å²) in [5.41, 5.74) is -0.756. The van der Waals surface area contributed by atoms with Gasteiger partial charge in [-0.05, 0) is 20.8 Å². The Kier molecular flexibility index (Phi) is 7.51. The molecule has 132 valence electrons. The van der Waals surface area contributed by atoms with E-state index in [9.17, 15) is 19.5 Å². The van der Waals surface area contributed by atoms with Gasteiger partial charge in [-0.15, -0.1) is 0 Å². The first-order valence-corrected chi connectivity index (χ1v) is 6.91. The maximum atomic E-state index is 11.7. The fraction of sp³-hybridized carbons (Fsp3) is 0.714. The molecule has 0 saturated carbocycles. The minimum Gasteiger partial charge on any atom is -0.595 e. The molecule has 9 nitrogen and oxygen atoms in total. The highest BCUT2D eigenvalue weighted by Crippen LogP contribution is 2.08. The molecule has 0 unspecified atom stereocenters. The van der Waals surface area contributed by atoms with Gasteiger partial charge in [0, 0.05) is 5.60 Å². The van der Waals surface area contributed by atoms with Gasteiger partial charge in [0.15, 0.2) is 12.2 Å². The van der Waals surface area contributed by atoms with Crippen molar-refractivity contribution in [1.82, 2.24) is 0 Å². The minimum absolute atomic E-state index is 0.756. The van der Waals surface area contributed by atoms with E-state index in [-0.39, 0.29) is 0 Å². The van der Waals surface area contributed by atoms with Crippen LogP contribution in [0.4, 0.5) is 0 Å². The third-order valence-corrected chi connectivity index (χ3v) is 2.30. The van der Waals surface area contributed by atoms with Crippen molar-refractivity contribution in [1.29, 1.82) is 0 Å². The fourth-order valence-corrected chi connectivity index (χ4v) is 1.14. The lowest BCUT2D eigenvalue weighted by Gasteiger charge is -2.29. The highest BCUT2D eigenvalue weighted by atomic mass is 16.6. The van der Waals surface area contributed by atoms with Crippen LogP contribution < -0.4 is 5.11 Å². The minimum atomic E-state index is -1.37. The first kappa shape index (κ1) is 20.7. The van der Waals surface area contributed by atoms with E-state index in [1.807, 2.05) is 0 Å². The standard InChI is InChI=1S/C14H23NO8/c1-7(15-13(20)23-14(4,5)6)11(18)22-9(3)12(19)21-8(2)10(16)17/h7-9H,1-6H3,(H,15,20)(H,16,17)/p-1/t7-,8-,9-/m0/s1. The van der Waals surface area contributed by atoms with E-state index in [0.29, 0.717) is 0 Å². The molecule has 0 rings (SSSR count). The first-order chi connectivity index (χ1) is 10.3. The van der Waals surface area contributed by atoms with Crippen LogP contribution in [0.5, 0.6) is 0 Å². The van der Waals surface area contributed by atoms with Crippen LogP contribution >= 0.6 is 0 Å². The van der Waals surface area contributed by atoms with E-state index in [2.05, 4.69) is 9.73 Å². The van der Waals surface area contributed by atoms with E-state index in [0.717, 1.165) is 6.92 Å². The number of aliphatic carboxylic acids is 1. The Hall–Kier alpha value is -2.32. The van der Waals surface area contributed by atoms with Crippen molar-refractivity contribution in [3.63, 3.8) is 0 Å². The molecule has 23 heavy (non-hydrogen) atoms. The number of ether oxygens (including phenoxy) is 3. The van der Waals surface area contributed by atoms with E-state index in [1.165, 1.54) is 13.8 Å². The molecule has 0 aliphatic rings. The van der Waals surface area contributed by atoms with Gasteiger partial charge in [0.25, 0.3) is 0 Å². The van der Waals surface area contributed by atoms with Gasteiger partial charge in [-0.2, -0.15) is 0 Å². The van der Waals surface area contributed by atoms with Gasteiger partial charge in [-0.3, -0.25) is 4.99 Å². The number of hydrogen-bond acceptors (Lipinski definition) is 8. The highest BCUT2D eigenvalue weighted by molar-refractivity contribution is 5.84. The topological polar surface area (TPSA) is 135 Å². The molecule has 0 aromatic rings. The maximum Gasteiger partial charge on any atom is 0.347 e. The largest absolute Gasteiger partial charge is 0.595 e. The number of nitrogens with zero attached hydrogens (tertiary/aromatic N) is 1. The number of carbonyl (C=O) groups excluding carboxylic acids is 2. The molecule has 0 bridgehead atoms. The molecule has 0 aliphatic carbocycles.